The van der Waals surface area contributed by atoms with Crippen LogP contribution in [0.1, 0.15) is 35.0 Å². The zero-order chi connectivity index (χ0) is 19.7. The Morgan fingerprint density at radius 3 is 2.52 bits per heavy atom. The first kappa shape index (κ1) is 18.9. The van der Waals surface area contributed by atoms with E-state index in [4.69, 9.17) is 0 Å². The molecule has 6 nitrogen and oxygen atoms in total. The van der Waals surface area contributed by atoms with Crippen LogP contribution in [-0.4, -0.2) is 26.5 Å². The van der Waals surface area contributed by atoms with E-state index in [2.05, 4.69) is 47.7 Å². The van der Waals surface area contributed by atoms with Crippen molar-refractivity contribution in [2.24, 2.45) is 0 Å². The van der Waals surface area contributed by atoms with Crippen LogP contribution in [0, 0.1) is 27.7 Å². The molecule has 2 aromatic heterocycles. The molecule has 0 aliphatic carbocycles. The third kappa shape index (κ3) is 3.80. The minimum atomic E-state index is -1.07. The van der Waals surface area contributed by atoms with Gasteiger partial charge in [0.2, 0.25) is 0 Å². The molecule has 0 aliphatic heterocycles. The highest BCUT2D eigenvalue weighted by molar-refractivity contribution is 5.94. The molecule has 2 heterocycles. The number of hydrogen-bond donors (Lipinski definition) is 3. The quantitative estimate of drug-likeness (QED) is 0.646. The van der Waals surface area contributed by atoms with E-state index >= 15 is 0 Å². The minimum absolute atomic E-state index is 0.440. The number of anilines is 2. The molecule has 6 heteroatoms. The van der Waals surface area contributed by atoms with Crippen LogP contribution < -0.4 is 10.6 Å². The Morgan fingerprint density at radius 2 is 1.89 bits per heavy atom. The van der Waals surface area contributed by atoms with Crippen LogP contribution in [0.4, 0.5) is 11.4 Å². The zero-order valence-corrected chi connectivity index (χ0v) is 16.4. The summed E-state index contributed by atoms with van der Waals surface area (Å²) >= 11 is 0. The van der Waals surface area contributed by atoms with Gasteiger partial charge in [-0.05, 0) is 57.4 Å². The van der Waals surface area contributed by atoms with E-state index in [1.165, 1.54) is 23.6 Å². The van der Waals surface area contributed by atoms with Crippen molar-refractivity contribution < 1.29 is 9.90 Å². The van der Waals surface area contributed by atoms with Crippen LogP contribution in [0.3, 0.4) is 0 Å². The fourth-order valence-electron chi connectivity index (χ4n) is 3.13. The van der Waals surface area contributed by atoms with Crippen LogP contribution >= 0.6 is 0 Å². The van der Waals surface area contributed by atoms with Gasteiger partial charge >= 0.3 is 0 Å². The smallest absolute Gasteiger partial charge is 0.252 e. The molecule has 0 saturated heterocycles. The van der Waals surface area contributed by atoms with E-state index in [1.54, 1.807) is 0 Å². The number of carbonyl (C=O) groups is 1. The lowest BCUT2D eigenvalue weighted by molar-refractivity contribution is -0.123. The average molecular weight is 366 g/mol. The molecule has 142 valence electrons. The van der Waals surface area contributed by atoms with E-state index in [-0.39, 0.29) is 0 Å². The topological polar surface area (TPSA) is 78.7 Å². The van der Waals surface area contributed by atoms with E-state index in [0.717, 1.165) is 22.7 Å². The van der Waals surface area contributed by atoms with Crippen LogP contribution in [0.5, 0.6) is 0 Å². The highest BCUT2D eigenvalue weighted by atomic mass is 16.3. The molecule has 1 aromatic carbocycles. The predicted molar refractivity (Wildman–Crippen MR) is 108 cm³/mol. The molecule has 3 N–H and O–H groups in total. The number of amides is 1. The number of benzene rings is 1. The number of aryl methyl sites for hydroxylation is 4. The first-order chi connectivity index (χ1) is 12.8. The van der Waals surface area contributed by atoms with Crippen LogP contribution in [0.25, 0.3) is 5.65 Å². The largest absolute Gasteiger partial charge is 0.384 e. The summed E-state index contributed by atoms with van der Waals surface area (Å²) in [6.45, 7) is 10.3. The van der Waals surface area contributed by atoms with Gasteiger partial charge < -0.3 is 20.1 Å². The second-order valence-corrected chi connectivity index (χ2v) is 7.01. The molecule has 0 aliphatic rings. The monoisotopic (exact) mass is 366 g/mol. The maximum atomic E-state index is 11.9. The van der Waals surface area contributed by atoms with Crippen molar-refractivity contribution in [2.75, 3.05) is 10.6 Å². The van der Waals surface area contributed by atoms with E-state index < -0.39 is 12.0 Å². The SMILES string of the molecule is Cc1cccc(C)c1CNc1cc(NC(=O)[C@@H](C)O)cn2c(C)c(C)nc12. The summed E-state index contributed by atoms with van der Waals surface area (Å²) < 4.78 is 1.96. The van der Waals surface area contributed by atoms with Crippen molar-refractivity contribution in [3.63, 3.8) is 0 Å². The number of rotatable bonds is 5. The van der Waals surface area contributed by atoms with Crippen molar-refractivity contribution in [3.05, 3.63) is 58.5 Å². The maximum absolute atomic E-state index is 11.9. The van der Waals surface area contributed by atoms with Gasteiger partial charge in [-0.2, -0.15) is 0 Å². The van der Waals surface area contributed by atoms with Gasteiger partial charge in [-0.1, -0.05) is 18.2 Å². The third-order valence-electron chi connectivity index (χ3n) is 4.94. The van der Waals surface area contributed by atoms with Crippen molar-refractivity contribution in [3.8, 4) is 0 Å². The molecule has 0 fully saturated rings. The standard InChI is InChI=1S/C21H26N4O2/c1-12-7-6-8-13(2)18(12)10-22-19-9-17(24-21(27)16(5)26)11-25-15(4)14(3)23-20(19)25/h6-9,11,16,22,26H,10H2,1-5H3,(H,24,27)/t16-/m1/s1. The van der Waals surface area contributed by atoms with Gasteiger partial charge in [0, 0.05) is 18.4 Å². The molecule has 0 spiro atoms. The molecule has 0 unspecified atom stereocenters. The number of nitrogens with zero attached hydrogens (tertiary/aromatic N) is 2. The molecule has 27 heavy (non-hydrogen) atoms. The highest BCUT2D eigenvalue weighted by Crippen LogP contribution is 2.26. The van der Waals surface area contributed by atoms with Gasteiger partial charge in [0.1, 0.15) is 6.10 Å². The second-order valence-electron chi connectivity index (χ2n) is 7.01. The Bertz CT molecular complexity index is 985. The lowest BCUT2D eigenvalue weighted by atomic mass is 10.0. The summed E-state index contributed by atoms with van der Waals surface area (Å²) in [4.78, 5) is 16.6. The number of nitrogens with one attached hydrogen (secondary N) is 2. The first-order valence-electron chi connectivity index (χ1n) is 9.05. The molecule has 0 saturated carbocycles. The number of pyridine rings is 1. The summed E-state index contributed by atoms with van der Waals surface area (Å²) in [5.41, 5.74) is 7.90. The predicted octanol–water partition coefficient (Wildman–Crippen LogP) is 3.50. The Kier molecular flexibility index (Phi) is 5.19. The molecular weight excluding hydrogens is 340 g/mol. The summed E-state index contributed by atoms with van der Waals surface area (Å²) in [6, 6.07) is 8.11. The summed E-state index contributed by atoms with van der Waals surface area (Å²) in [5.74, 6) is -0.440. The van der Waals surface area contributed by atoms with Crippen LogP contribution in [0.2, 0.25) is 0 Å². The number of fused-ring (bicyclic) bond motifs is 1. The van der Waals surface area contributed by atoms with Gasteiger partial charge in [0.25, 0.3) is 5.91 Å². The van der Waals surface area contributed by atoms with E-state index in [1.807, 2.05) is 30.5 Å². The number of carbonyl (C=O) groups excluding carboxylic acids is 1. The van der Waals surface area contributed by atoms with Gasteiger partial charge in [-0.25, -0.2) is 4.98 Å². The van der Waals surface area contributed by atoms with Crippen LogP contribution in [0.15, 0.2) is 30.5 Å². The molecule has 1 amide bonds. The second kappa shape index (κ2) is 7.40. The fourth-order valence-corrected chi connectivity index (χ4v) is 3.13. The highest BCUT2D eigenvalue weighted by Gasteiger charge is 2.14. The summed E-state index contributed by atoms with van der Waals surface area (Å²) in [7, 11) is 0. The van der Waals surface area contributed by atoms with Crippen molar-refractivity contribution in [1.29, 1.82) is 0 Å². The van der Waals surface area contributed by atoms with Crippen molar-refractivity contribution >= 4 is 22.9 Å². The zero-order valence-electron chi connectivity index (χ0n) is 16.4. The number of aromatic nitrogens is 2. The van der Waals surface area contributed by atoms with Crippen LogP contribution in [-0.2, 0) is 11.3 Å². The number of hydrogen-bond acceptors (Lipinski definition) is 4. The van der Waals surface area contributed by atoms with Gasteiger partial charge in [-0.15, -0.1) is 0 Å². The van der Waals surface area contributed by atoms with Gasteiger partial charge in [0.05, 0.1) is 17.1 Å². The summed E-state index contributed by atoms with van der Waals surface area (Å²) in [6.07, 6.45) is 0.757. The molecule has 1 atom stereocenters. The van der Waals surface area contributed by atoms with Gasteiger partial charge in [0.15, 0.2) is 5.65 Å². The Labute approximate surface area is 159 Å². The van der Waals surface area contributed by atoms with E-state index in [0.29, 0.717) is 12.2 Å². The normalized spacial score (nSPS) is 12.2. The molecule has 3 rings (SSSR count). The fraction of sp³-hybridized carbons (Fsp3) is 0.333. The van der Waals surface area contributed by atoms with Crippen molar-refractivity contribution in [2.45, 2.75) is 47.3 Å². The third-order valence-corrected chi connectivity index (χ3v) is 4.94. The molecule has 0 radical (unpaired) electrons. The lowest BCUT2D eigenvalue weighted by Gasteiger charge is -2.15. The minimum Gasteiger partial charge on any atom is -0.384 e. The van der Waals surface area contributed by atoms with E-state index in [9.17, 15) is 9.90 Å². The van der Waals surface area contributed by atoms with Crippen molar-refractivity contribution in [1.82, 2.24) is 9.38 Å². The number of aliphatic hydroxyl groups excluding tert-OH is 1. The number of aliphatic hydroxyl groups is 1. The first-order valence-corrected chi connectivity index (χ1v) is 9.05. The van der Waals surface area contributed by atoms with Gasteiger partial charge in [-0.3, -0.25) is 4.79 Å². The number of imidazole rings is 1. The summed E-state index contributed by atoms with van der Waals surface area (Å²) in [5, 5.41) is 15.7. The average Bonchev–Trinajstić information content (AvgIpc) is 2.89. The molecule has 0 bridgehead atoms. The molecular formula is C21H26N4O2. The Morgan fingerprint density at radius 1 is 1.22 bits per heavy atom. The molecule has 3 aromatic rings. The Balaban J connectivity index is 2.00. The maximum Gasteiger partial charge on any atom is 0.252 e. The lowest BCUT2D eigenvalue weighted by Crippen LogP contribution is -2.24. The Hall–Kier alpha value is -2.86.